The molecule has 12 heteroatoms. The second kappa shape index (κ2) is 14.7. The summed E-state index contributed by atoms with van der Waals surface area (Å²) in [6.07, 6.45) is 7.65. The largest absolute Gasteiger partial charge is 0.495 e. The monoisotopic (exact) mass is 709 g/mol. The van der Waals surface area contributed by atoms with Gasteiger partial charge in [-0.25, -0.2) is 4.68 Å². The number of amides is 3. The van der Waals surface area contributed by atoms with E-state index in [9.17, 15) is 19.2 Å². The molecule has 12 nitrogen and oxygen atoms in total. The lowest BCUT2D eigenvalue weighted by Crippen LogP contribution is -2.48. The highest BCUT2D eigenvalue weighted by atomic mass is 16.5. The standard InChI is InChI=1S/C40H51N7O5/c1-26-33(23-41-45(3)38(26)50)42-31-21-30(24-44(2)25-31)27-5-7-28(8-6-27)39(51)47-19-15-40(16-20-47)13-17-46(18-14-40)34-11-9-29(22-35(34)52-4)32-10-12-36(48)43-37(32)49/h5-9,11,22-23,30-32,42H,10,12-21,24-25H2,1-4H3,(H,43,48,49)/t30-,31+,32?/m1/s1. The Morgan fingerprint density at radius 2 is 1.63 bits per heavy atom. The lowest BCUT2D eigenvalue weighted by atomic mass is 9.71. The molecule has 3 atom stereocenters. The van der Waals surface area contributed by atoms with Crippen LogP contribution >= 0.6 is 0 Å². The quantitative estimate of drug-likeness (QED) is 0.350. The Balaban J connectivity index is 0.921. The maximum absolute atomic E-state index is 13.6. The number of hydrogen-bond donors (Lipinski definition) is 2. The molecule has 2 N–H and O–H groups in total. The minimum atomic E-state index is -0.340. The fourth-order valence-corrected chi connectivity index (χ4v) is 8.85. The van der Waals surface area contributed by atoms with Gasteiger partial charge in [0.2, 0.25) is 11.8 Å². The number of nitrogens with zero attached hydrogens (tertiary/aromatic N) is 5. The van der Waals surface area contributed by atoms with Gasteiger partial charge in [-0.05, 0) is 99.2 Å². The Morgan fingerprint density at radius 1 is 0.942 bits per heavy atom. The molecule has 0 radical (unpaired) electrons. The third kappa shape index (κ3) is 7.30. The number of piperidine rings is 4. The molecule has 4 aliphatic rings. The van der Waals surface area contributed by atoms with Gasteiger partial charge < -0.3 is 24.8 Å². The molecule has 4 aliphatic heterocycles. The van der Waals surface area contributed by atoms with E-state index in [1.165, 1.54) is 10.2 Å². The summed E-state index contributed by atoms with van der Waals surface area (Å²) in [6.45, 7) is 7.01. The number of carbonyl (C=O) groups is 3. The van der Waals surface area contributed by atoms with Crippen LogP contribution in [-0.4, -0.2) is 96.8 Å². The zero-order chi connectivity index (χ0) is 36.6. The maximum Gasteiger partial charge on any atom is 0.271 e. The first-order valence-corrected chi connectivity index (χ1v) is 18.7. The second-order valence-corrected chi connectivity index (χ2v) is 15.4. The molecule has 276 valence electrons. The van der Waals surface area contributed by atoms with Gasteiger partial charge in [-0.2, -0.15) is 5.10 Å². The average Bonchev–Trinajstić information content (AvgIpc) is 3.15. The molecule has 1 unspecified atom stereocenters. The second-order valence-electron chi connectivity index (χ2n) is 15.4. The minimum Gasteiger partial charge on any atom is -0.495 e. The van der Waals surface area contributed by atoms with Crippen LogP contribution in [0.2, 0.25) is 0 Å². The highest BCUT2D eigenvalue weighted by Gasteiger charge is 2.39. The normalized spacial score (nSPS) is 23.7. The van der Waals surface area contributed by atoms with E-state index in [0.717, 1.165) is 99.6 Å². The fraction of sp³-hybridized carbons (Fsp3) is 0.525. The number of likely N-dealkylation sites (N-methyl/N-ethyl adjacent to an activating group) is 1. The molecule has 0 bridgehead atoms. The van der Waals surface area contributed by atoms with Crippen molar-refractivity contribution in [3.63, 3.8) is 0 Å². The Bertz CT molecular complexity index is 1870. The topological polar surface area (TPSA) is 129 Å². The highest BCUT2D eigenvalue weighted by Crippen LogP contribution is 2.44. The van der Waals surface area contributed by atoms with E-state index in [0.29, 0.717) is 24.3 Å². The van der Waals surface area contributed by atoms with Crippen LogP contribution in [0.4, 0.5) is 11.4 Å². The number of methoxy groups -OCH3 is 1. The number of ether oxygens (including phenoxy) is 1. The summed E-state index contributed by atoms with van der Waals surface area (Å²) in [6, 6.07) is 14.4. The molecule has 4 fully saturated rings. The summed E-state index contributed by atoms with van der Waals surface area (Å²) < 4.78 is 7.15. The molecule has 0 saturated carbocycles. The van der Waals surface area contributed by atoms with Gasteiger partial charge in [0.05, 0.1) is 30.6 Å². The van der Waals surface area contributed by atoms with Gasteiger partial charge in [-0.3, -0.25) is 24.5 Å². The Kier molecular flexibility index (Phi) is 10.1. The van der Waals surface area contributed by atoms with Crippen molar-refractivity contribution in [1.29, 1.82) is 0 Å². The molecular weight excluding hydrogens is 658 g/mol. The fourth-order valence-electron chi connectivity index (χ4n) is 8.85. The van der Waals surface area contributed by atoms with Crippen LogP contribution < -0.4 is 25.8 Å². The smallest absolute Gasteiger partial charge is 0.271 e. The van der Waals surface area contributed by atoms with Crippen molar-refractivity contribution in [2.24, 2.45) is 12.5 Å². The molecule has 1 aromatic heterocycles. The molecule has 1 spiro atoms. The molecule has 3 aromatic rings. The molecule has 0 aliphatic carbocycles. The first kappa shape index (κ1) is 35.7. The number of benzene rings is 2. The van der Waals surface area contributed by atoms with Crippen LogP contribution in [0, 0.1) is 12.3 Å². The third-order valence-corrected chi connectivity index (χ3v) is 12.1. The van der Waals surface area contributed by atoms with Crippen LogP contribution in [0.25, 0.3) is 0 Å². The van der Waals surface area contributed by atoms with Gasteiger partial charge in [-0.15, -0.1) is 0 Å². The molecule has 4 saturated heterocycles. The van der Waals surface area contributed by atoms with E-state index in [2.05, 4.69) is 50.8 Å². The lowest BCUT2D eigenvalue weighted by molar-refractivity contribution is -0.134. The van der Waals surface area contributed by atoms with E-state index in [-0.39, 0.29) is 40.7 Å². The van der Waals surface area contributed by atoms with Crippen molar-refractivity contribution in [3.05, 3.63) is 81.3 Å². The first-order chi connectivity index (χ1) is 25.0. The van der Waals surface area contributed by atoms with Crippen LogP contribution in [0.1, 0.15) is 83.8 Å². The average molecular weight is 710 g/mol. The van der Waals surface area contributed by atoms with Gasteiger partial charge in [0.1, 0.15) is 5.75 Å². The zero-order valence-corrected chi connectivity index (χ0v) is 30.8. The van der Waals surface area contributed by atoms with E-state index in [1.807, 2.05) is 36.1 Å². The number of likely N-dealkylation sites (tertiary alicyclic amines) is 2. The predicted octanol–water partition coefficient (Wildman–Crippen LogP) is 4.04. The van der Waals surface area contributed by atoms with E-state index >= 15 is 0 Å². The predicted molar refractivity (Wildman–Crippen MR) is 200 cm³/mol. The Labute approximate surface area is 305 Å². The number of nitrogens with one attached hydrogen (secondary N) is 2. The van der Waals surface area contributed by atoms with Gasteiger partial charge in [0.15, 0.2) is 0 Å². The number of carbonyl (C=O) groups excluding carboxylic acids is 3. The highest BCUT2D eigenvalue weighted by molar-refractivity contribution is 6.01. The Hall–Kier alpha value is -4.71. The Morgan fingerprint density at radius 3 is 2.33 bits per heavy atom. The van der Waals surface area contributed by atoms with Crippen LogP contribution in [0.5, 0.6) is 5.75 Å². The van der Waals surface area contributed by atoms with Crippen molar-refractivity contribution >= 4 is 29.1 Å². The van der Waals surface area contributed by atoms with Crippen molar-refractivity contribution < 1.29 is 19.1 Å². The van der Waals surface area contributed by atoms with E-state index in [4.69, 9.17) is 4.74 Å². The maximum atomic E-state index is 13.6. The molecule has 3 amide bonds. The van der Waals surface area contributed by atoms with Gasteiger partial charge in [0, 0.05) is 69.9 Å². The summed E-state index contributed by atoms with van der Waals surface area (Å²) in [7, 11) is 5.46. The van der Waals surface area contributed by atoms with E-state index in [1.54, 1.807) is 20.4 Å². The number of aromatic nitrogens is 2. The molecule has 52 heavy (non-hydrogen) atoms. The third-order valence-electron chi connectivity index (χ3n) is 12.1. The number of aryl methyl sites for hydroxylation is 1. The van der Waals surface area contributed by atoms with Gasteiger partial charge in [-0.1, -0.05) is 18.2 Å². The summed E-state index contributed by atoms with van der Waals surface area (Å²) in [5.41, 5.74) is 5.48. The van der Waals surface area contributed by atoms with Crippen LogP contribution in [-0.2, 0) is 16.6 Å². The van der Waals surface area contributed by atoms with Crippen molar-refractivity contribution in [2.45, 2.75) is 69.7 Å². The number of hydrogen-bond acceptors (Lipinski definition) is 9. The van der Waals surface area contributed by atoms with Gasteiger partial charge >= 0.3 is 0 Å². The van der Waals surface area contributed by atoms with Crippen molar-refractivity contribution in [1.82, 2.24) is 24.9 Å². The van der Waals surface area contributed by atoms with Crippen molar-refractivity contribution in [2.75, 3.05) is 63.6 Å². The molecule has 7 rings (SSSR count). The SMILES string of the molecule is COc1cc(C2CCC(=O)NC2=O)ccc1N1CCC2(CCN(C(=O)c3ccc([C@@H]4C[C@H](Nc5cnn(C)c(=O)c5C)CN(C)C4)cc3)CC2)CC1. The zero-order valence-electron chi connectivity index (χ0n) is 30.8. The van der Waals surface area contributed by atoms with Crippen LogP contribution in [0.3, 0.4) is 0 Å². The van der Waals surface area contributed by atoms with Crippen LogP contribution in [0.15, 0.2) is 53.5 Å². The first-order valence-electron chi connectivity index (χ1n) is 18.7. The number of anilines is 2. The number of rotatable bonds is 7. The summed E-state index contributed by atoms with van der Waals surface area (Å²) in [5, 5.41) is 10.2. The molecule has 5 heterocycles. The summed E-state index contributed by atoms with van der Waals surface area (Å²) >= 11 is 0. The van der Waals surface area contributed by atoms with E-state index < -0.39 is 0 Å². The lowest BCUT2D eigenvalue weighted by Gasteiger charge is -2.47. The van der Waals surface area contributed by atoms with Crippen molar-refractivity contribution in [3.8, 4) is 5.75 Å². The summed E-state index contributed by atoms with van der Waals surface area (Å²) in [4.78, 5) is 56.8. The molecule has 2 aromatic carbocycles. The molecular formula is C40H51N7O5. The minimum absolute atomic E-state index is 0.0889. The number of imide groups is 1. The summed E-state index contributed by atoms with van der Waals surface area (Å²) in [5.74, 6) is 0.378. The van der Waals surface area contributed by atoms with Gasteiger partial charge in [0.25, 0.3) is 11.5 Å².